The van der Waals surface area contributed by atoms with Crippen molar-refractivity contribution in [2.24, 2.45) is 5.92 Å². The highest BCUT2D eigenvalue weighted by Gasteiger charge is 2.32. The van der Waals surface area contributed by atoms with Crippen molar-refractivity contribution < 1.29 is 27.8 Å². The molecule has 0 bridgehead atoms. The second-order valence-corrected chi connectivity index (χ2v) is 6.40. The van der Waals surface area contributed by atoms with Crippen molar-refractivity contribution in [3.63, 3.8) is 0 Å². The Kier molecular flexibility index (Phi) is 4.64. The van der Waals surface area contributed by atoms with Crippen LogP contribution in [0.5, 0.6) is 5.75 Å². The molecule has 2 atom stereocenters. The maximum Gasteiger partial charge on any atom is 0.573 e. The number of aliphatic hydroxyl groups is 1. The second-order valence-electron chi connectivity index (χ2n) is 6.40. The van der Waals surface area contributed by atoms with Crippen molar-refractivity contribution in [2.75, 3.05) is 13.2 Å². The normalized spacial score (nSPS) is 21.6. The van der Waals surface area contributed by atoms with Gasteiger partial charge in [-0.05, 0) is 43.9 Å². The number of hydrogen-bond acceptors (Lipinski definition) is 3. The summed E-state index contributed by atoms with van der Waals surface area (Å²) in [6.07, 6.45) is -3.30. The predicted molar refractivity (Wildman–Crippen MR) is 85.3 cm³/mol. The molecule has 0 saturated carbocycles. The lowest BCUT2D eigenvalue weighted by molar-refractivity contribution is -0.274. The summed E-state index contributed by atoms with van der Waals surface area (Å²) in [6, 6.07) is 5.54. The van der Waals surface area contributed by atoms with Crippen LogP contribution < -0.4 is 4.74 Å². The van der Waals surface area contributed by atoms with Gasteiger partial charge in [0.1, 0.15) is 11.4 Å². The minimum absolute atomic E-state index is 0.00561. The molecule has 1 aromatic heterocycles. The van der Waals surface area contributed by atoms with Crippen molar-refractivity contribution in [1.82, 2.24) is 9.88 Å². The first-order valence-electron chi connectivity index (χ1n) is 8.07. The maximum atomic E-state index is 12.7. The van der Waals surface area contributed by atoms with Crippen molar-refractivity contribution in [3.05, 3.63) is 30.0 Å². The zero-order valence-electron chi connectivity index (χ0n) is 13.6. The molecule has 0 unspecified atom stereocenters. The summed E-state index contributed by atoms with van der Waals surface area (Å²) >= 11 is 0. The number of fused-ring (bicyclic) bond motifs is 1. The smallest absolute Gasteiger partial charge is 0.406 e. The monoisotopic (exact) mass is 356 g/mol. The Labute approximate surface area is 142 Å². The number of benzene rings is 1. The summed E-state index contributed by atoms with van der Waals surface area (Å²) in [5.41, 5.74) is 0.733. The van der Waals surface area contributed by atoms with Crippen LogP contribution in [0, 0.1) is 5.92 Å². The Morgan fingerprint density at radius 2 is 2.16 bits per heavy atom. The van der Waals surface area contributed by atoms with Crippen LogP contribution in [-0.4, -0.2) is 46.5 Å². The first-order valence-corrected chi connectivity index (χ1v) is 8.07. The number of halogens is 3. The summed E-state index contributed by atoms with van der Waals surface area (Å²) in [5.74, 6) is -0.333. The first-order chi connectivity index (χ1) is 11.8. The molecule has 1 fully saturated rings. The summed E-state index contributed by atoms with van der Waals surface area (Å²) in [6.45, 7) is 2.58. The summed E-state index contributed by atoms with van der Waals surface area (Å²) in [4.78, 5) is 17.3. The molecule has 1 amide bonds. The van der Waals surface area contributed by atoms with Gasteiger partial charge in [0.25, 0.3) is 5.91 Å². The lowest BCUT2D eigenvalue weighted by atomic mass is 9.92. The molecule has 2 heterocycles. The van der Waals surface area contributed by atoms with E-state index in [0.29, 0.717) is 23.1 Å². The zero-order valence-corrected chi connectivity index (χ0v) is 13.6. The molecular weight excluding hydrogens is 337 g/mol. The Balaban J connectivity index is 1.80. The van der Waals surface area contributed by atoms with Gasteiger partial charge in [-0.1, -0.05) is 0 Å². The second kappa shape index (κ2) is 6.59. The molecule has 1 aliphatic rings. The van der Waals surface area contributed by atoms with Crippen LogP contribution in [0.1, 0.15) is 30.3 Å². The van der Waals surface area contributed by atoms with Crippen molar-refractivity contribution in [3.8, 4) is 5.75 Å². The topological polar surface area (TPSA) is 65.6 Å². The molecule has 136 valence electrons. The highest BCUT2D eigenvalue weighted by Crippen LogP contribution is 2.28. The zero-order chi connectivity index (χ0) is 18.2. The fourth-order valence-corrected chi connectivity index (χ4v) is 3.31. The third-order valence-corrected chi connectivity index (χ3v) is 4.56. The number of carbonyl (C=O) groups excluding carboxylic acids is 1. The number of aliphatic hydroxyl groups excluding tert-OH is 1. The molecule has 1 aliphatic heterocycles. The van der Waals surface area contributed by atoms with E-state index in [1.54, 1.807) is 11.0 Å². The molecule has 0 aliphatic carbocycles. The molecule has 5 nitrogen and oxygen atoms in total. The van der Waals surface area contributed by atoms with Gasteiger partial charge < -0.3 is 19.7 Å². The number of nitrogens with one attached hydrogen (secondary N) is 1. The number of piperidine rings is 1. The third-order valence-electron chi connectivity index (χ3n) is 4.56. The van der Waals surface area contributed by atoms with Gasteiger partial charge in [-0.2, -0.15) is 0 Å². The quantitative estimate of drug-likeness (QED) is 0.887. The molecule has 0 radical (unpaired) electrons. The lowest BCUT2D eigenvalue weighted by Gasteiger charge is -2.36. The predicted octanol–water partition coefficient (Wildman–Crippen LogP) is 3.30. The van der Waals surface area contributed by atoms with Crippen molar-refractivity contribution in [1.29, 1.82) is 0 Å². The number of likely N-dealkylation sites (tertiary alicyclic amines) is 1. The molecule has 25 heavy (non-hydrogen) atoms. The van der Waals surface area contributed by atoms with Crippen LogP contribution in [-0.2, 0) is 0 Å². The van der Waals surface area contributed by atoms with Crippen LogP contribution in [0.25, 0.3) is 10.9 Å². The average Bonchev–Trinajstić information content (AvgIpc) is 2.95. The van der Waals surface area contributed by atoms with Crippen LogP contribution in [0.3, 0.4) is 0 Å². The number of carbonyl (C=O) groups is 1. The van der Waals surface area contributed by atoms with E-state index in [2.05, 4.69) is 9.72 Å². The van der Waals surface area contributed by atoms with Gasteiger partial charge >= 0.3 is 6.36 Å². The molecular formula is C17H19F3N2O3. The Bertz CT molecular complexity index is 772. The first kappa shape index (κ1) is 17.6. The van der Waals surface area contributed by atoms with E-state index in [0.717, 1.165) is 12.8 Å². The van der Waals surface area contributed by atoms with Gasteiger partial charge in [0.05, 0.1) is 0 Å². The highest BCUT2D eigenvalue weighted by atomic mass is 19.4. The molecule has 8 heteroatoms. The van der Waals surface area contributed by atoms with E-state index in [1.165, 1.54) is 18.2 Å². The minimum atomic E-state index is -4.76. The van der Waals surface area contributed by atoms with Crippen LogP contribution >= 0.6 is 0 Å². The van der Waals surface area contributed by atoms with E-state index in [-0.39, 0.29) is 30.2 Å². The minimum Gasteiger partial charge on any atom is -0.406 e. The Morgan fingerprint density at radius 1 is 1.40 bits per heavy atom. The number of rotatable bonds is 3. The van der Waals surface area contributed by atoms with E-state index >= 15 is 0 Å². The molecule has 2 N–H and O–H groups in total. The Morgan fingerprint density at radius 3 is 2.80 bits per heavy atom. The number of aromatic nitrogens is 1. The van der Waals surface area contributed by atoms with Gasteiger partial charge in [0, 0.05) is 36.2 Å². The van der Waals surface area contributed by atoms with Gasteiger partial charge in [-0.3, -0.25) is 4.79 Å². The van der Waals surface area contributed by atoms with E-state index in [9.17, 15) is 23.1 Å². The fourth-order valence-electron chi connectivity index (χ4n) is 3.31. The summed E-state index contributed by atoms with van der Waals surface area (Å²) in [5, 5.41) is 9.89. The van der Waals surface area contributed by atoms with Crippen LogP contribution in [0.4, 0.5) is 13.2 Å². The number of ether oxygens (including phenoxy) is 1. The lowest BCUT2D eigenvalue weighted by Crippen LogP contribution is -2.45. The summed E-state index contributed by atoms with van der Waals surface area (Å²) in [7, 11) is 0. The summed E-state index contributed by atoms with van der Waals surface area (Å²) < 4.78 is 40.8. The molecule has 3 rings (SSSR count). The number of amides is 1. The third kappa shape index (κ3) is 3.89. The number of H-pyrrole nitrogens is 1. The van der Waals surface area contributed by atoms with Gasteiger partial charge in [0.2, 0.25) is 0 Å². The molecule has 1 saturated heterocycles. The SMILES string of the molecule is C[C@H]1C[C@@H](CO)CCN1C(=O)c1cc2ccc(OC(F)(F)F)cc2[nH]1. The maximum absolute atomic E-state index is 12.7. The average molecular weight is 356 g/mol. The van der Waals surface area contributed by atoms with Gasteiger partial charge in [0.15, 0.2) is 0 Å². The van der Waals surface area contributed by atoms with E-state index in [4.69, 9.17) is 0 Å². The van der Waals surface area contributed by atoms with E-state index < -0.39 is 6.36 Å². The van der Waals surface area contributed by atoms with Gasteiger partial charge in [-0.15, -0.1) is 13.2 Å². The van der Waals surface area contributed by atoms with Crippen LogP contribution in [0.15, 0.2) is 24.3 Å². The fraction of sp³-hybridized carbons (Fsp3) is 0.471. The molecule has 0 spiro atoms. The number of aromatic amines is 1. The van der Waals surface area contributed by atoms with E-state index in [1.807, 2.05) is 6.92 Å². The highest BCUT2D eigenvalue weighted by molar-refractivity contribution is 5.98. The van der Waals surface area contributed by atoms with Crippen LogP contribution in [0.2, 0.25) is 0 Å². The van der Waals surface area contributed by atoms with Crippen molar-refractivity contribution in [2.45, 2.75) is 32.2 Å². The largest absolute Gasteiger partial charge is 0.573 e. The van der Waals surface area contributed by atoms with Crippen molar-refractivity contribution >= 4 is 16.8 Å². The number of nitrogens with zero attached hydrogens (tertiary/aromatic N) is 1. The number of hydrogen-bond donors (Lipinski definition) is 2. The Hall–Kier alpha value is -2.22. The van der Waals surface area contributed by atoms with Gasteiger partial charge in [-0.25, -0.2) is 0 Å². The molecule has 2 aromatic rings. The number of alkyl halides is 3. The molecule has 1 aromatic carbocycles. The standard InChI is InChI=1S/C17H19F3N2O3/c1-10-6-11(9-23)4-5-22(10)16(24)15-7-12-2-3-13(8-14(12)21-15)25-17(18,19)20/h2-3,7-8,10-11,21,23H,4-6,9H2,1H3/t10-,11-/m0/s1.